The minimum atomic E-state index is -0.808. The van der Waals surface area contributed by atoms with Crippen LogP contribution in [-0.2, 0) is 4.79 Å². The number of hydrogen-bond donors (Lipinski definition) is 2. The summed E-state index contributed by atoms with van der Waals surface area (Å²) in [5, 5.41) is 12.3. The summed E-state index contributed by atoms with van der Waals surface area (Å²) in [6.07, 6.45) is 8.13. The molecule has 0 spiro atoms. The Labute approximate surface area is 120 Å². The van der Waals surface area contributed by atoms with Crippen LogP contribution in [0, 0.1) is 23.7 Å². The first kappa shape index (κ1) is 16.4. The first-order chi connectivity index (χ1) is 9.44. The van der Waals surface area contributed by atoms with E-state index in [-0.39, 0.29) is 18.5 Å². The lowest BCUT2D eigenvalue weighted by atomic mass is 9.76. The molecule has 2 amide bonds. The topological polar surface area (TPSA) is 69.6 Å². The molecule has 0 aromatic heterocycles. The summed E-state index contributed by atoms with van der Waals surface area (Å²) in [7, 11) is 0. The molecule has 0 radical (unpaired) electrons. The number of carboxylic acids is 1. The molecule has 1 unspecified atom stereocenters. The number of nitrogens with zero attached hydrogens (tertiary/aromatic N) is 1. The summed E-state index contributed by atoms with van der Waals surface area (Å²) in [4.78, 5) is 25.1. The van der Waals surface area contributed by atoms with Gasteiger partial charge >= 0.3 is 12.0 Å². The van der Waals surface area contributed by atoms with Crippen LogP contribution in [0.25, 0.3) is 0 Å². The molecule has 1 aliphatic rings. The van der Waals surface area contributed by atoms with Crippen molar-refractivity contribution in [3.05, 3.63) is 0 Å². The Kier molecular flexibility index (Phi) is 5.87. The van der Waals surface area contributed by atoms with Gasteiger partial charge in [0, 0.05) is 26.1 Å². The quantitative estimate of drug-likeness (QED) is 0.577. The predicted octanol–water partition coefficient (Wildman–Crippen LogP) is 1.93. The van der Waals surface area contributed by atoms with E-state index in [0.717, 1.165) is 19.3 Å². The van der Waals surface area contributed by atoms with Crippen molar-refractivity contribution < 1.29 is 14.7 Å². The van der Waals surface area contributed by atoms with Crippen LogP contribution in [0.1, 0.15) is 39.5 Å². The molecule has 5 nitrogen and oxygen atoms in total. The molecule has 1 rings (SSSR count). The van der Waals surface area contributed by atoms with Crippen LogP contribution in [0.15, 0.2) is 0 Å². The average molecular weight is 280 g/mol. The second-order valence-corrected chi connectivity index (χ2v) is 5.68. The van der Waals surface area contributed by atoms with Gasteiger partial charge < -0.3 is 15.3 Å². The third-order valence-electron chi connectivity index (χ3n) is 4.14. The summed E-state index contributed by atoms with van der Waals surface area (Å²) in [5.74, 6) is 1.76. The zero-order valence-electron chi connectivity index (χ0n) is 12.3. The van der Waals surface area contributed by atoms with E-state index in [0.29, 0.717) is 19.5 Å². The molecular weight excluding hydrogens is 256 g/mol. The van der Waals surface area contributed by atoms with E-state index in [1.165, 1.54) is 0 Å². The van der Waals surface area contributed by atoms with Crippen molar-refractivity contribution >= 4 is 12.0 Å². The summed E-state index contributed by atoms with van der Waals surface area (Å²) < 4.78 is 0. The van der Waals surface area contributed by atoms with Gasteiger partial charge in [-0.25, -0.2) is 4.79 Å². The normalized spacial score (nSPS) is 21.8. The number of rotatable bonds is 6. The lowest BCUT2D eigenvalue weighted by Crippen LogP contribution is -2.43. The largest absolute Gasteiger partial charge is 0.481 e. The highest BCUT2D eigenvalue weighted by Gasteiger charge is 2.48. The minimum Gasteiger partial charge on any atom is -0.481 e. The van der Waals surface area contributed by atoms with Gasteiger partial charge in [0.05, 0.1) is 5.41 Å². The maximum Gasteiger partial charge on any atom is 0.317 e. The Morgan fingerprint density at radius 1 is 1.45 bits per heavy atom. The summed E-state index contributed by atoms with van der Waals surface area (Å²) >= 11 is 0. The predicted molar refractivity (Wildman–Crippen MR) is 77.2 cm³/mol. The lowest BCUT2D eigenvalue weighted by Gasteiger charge is -2.28. The molecule has 2 N–H and O–H groups in total. The zero-order chi connectivity index (χ0) is 15.2. The van der Waals surface area contributed by atoms with Crippen molar-refractivity contribution in [2.75, 3.05) is 19.6 Å². The van der Waals surface area contributed by atoms with Crippen LogP contribution in [0.3, 0.4) is 0 Å². The van der Waals surface area contributed by atoms with Gasteiger partial charge in [-0.2, -0.15) is 0 Å². The highest BCUT2D eigenvalue weighted by atomic mass is 16.4. The second-order valence-electron chi connectivity index (χ2n) is 5.68. The fraction of sp³-hybridized carbons (Fsp3) is 0.733. The van der Waals surface area contributed by atoms with E-state index in [1.54, 1.807) is 4.90 Å². The Morgan fingerprint density at radius 3 is 2.65 bits per heavy atom. The lowest BCUT2D eigenvalue weighted by molar-refractivity contribution is -0.150. The maximum absolute atomic E-state index is 12.0. The standard InChI is InChI=1S/C15H24N2O3/c1-4-5-6-7-9-16-14(20)17-10-8-15(11-17,12(2)3)13(18)19/h1,12H,5-11H2,2-3H3,(H,16,20)(H,18,19). The third kappa shape index (κ3) is 3.66. The van der Waals surface area contributed by atoms with E-state index in [2.05, 4.69) is 11.2 Å². The Morgan fingerprint density at radius 2 is 2.15 bits per heavy atom. The van der Waals surface area contributed by atoms with Crippen LogP contribution in [-0.4, -0.2) is 41.6 Å². The number of carbonyl (C=O) groups excluding carboxylic acids is 1. The first-order valence-corrected chi connectivity index (χ1v) is 7.13. The number of carboxylic acid groups (broad SMARTS) is 1. The molecule has 0 bridgehead atoms. The number of carbonyl (C=O) groups is 2. The minimum absolute atomic E-state index is 0.00780. The summed E-state index contributed by atoms with van der Waals surface area (Å²) in [6.45, 7) is 5.17. The molecule has 5 heteroatoms. The van der Waals surface area contributed by atoms with Crippen molar-refractivity contribution in [1.82, 2.24) is 10.2 Å². The monoisotopic (exact) mass is 280 g/mol. The number of nitrogens with one attached hydrogen (secondary N) is 1. The molecule has 112 valence electrons. The van der Waals surface area contributed by atoms with E-state index in [1.807, 2.05) is 13.8 Å². The van der Waals surface area contributed by atoms with Gasteiger partial charge in [0.25, 0.3) is 0 Å². The van der Waals surface area contributed by atoms with E-state index >= 15 is 0 Å². The Balaban J connectivity index is 2.45. The number of unbranched alkanes of at least 4 members (excludes halogenated alkanes) is 2. The average Bonchev–Trinajstić information content (AvgIpc) is 2.84. The van der Waals surface area contributed by atoms with Gasteiger partial charge in [-0.1, -0.05) is 13.8 Å². The number of aliphatic carboxylic acids is 1. The van der Waals surface area contributed by atoms with Crippen molar-refractivity contribution in [2.45, 2.75) is 39.5 Å². The molecular formula is C15H24N2O3. The number of urea groups is 1. The second kappa shape index (κ2) is 7.18. The molecule has 1 aliphatic heterocycles. The number of terminal acetylenes is 1. The molecule has 0 aliphatic carbocycles. The van der Waals surface area contributed by atoms with Crippen LogP contribution < -0.4 is 5.32 Å². The maximum atomic E-state index is 12.0. The first-order valence-electron chi connectivity index (χ1n) is 7.13. The third-order valence-corrected chi connectivity index (χ3v) is 4.14. The Bertz CT molecular complexity index is 400. The van der Waals surface area contributed by atoms with Crippen LogP contribution in [0.2, 0.25) is 0 Å². The van der Waals surface area contributed by atoms with E-state index in [9.17, 15) is 14.7 Å². The molecule has 1 saturated heterocycles. The van der Waals surface area contributed by atoms with Crippen LogP contribution in [0.5, 0.6) is 0 Å². The summed E-state index contributed by atoms with van der Waals surface area (Å²) in [5.41, 5.74) is -0.805. The molecule has 20 heavy (non-hydrogen) atoms. The highest BCUT2D eigenvalue weighted by molar-refractivity contribution is 5.80. The molecule has 1 atom stereocenters. The zero-order valence-corrected chi connectivity index (χ0v) is 12.3. The van der Waals surface area contributed by atoms with Gasteiger partial charge in [-0.15, -0.1) is 12.3 Å². The highest BCUT2D eigenvalue weighted by Crippen LogP contribution is 2.38. The fourth-order valence-electron chi connectivity index (χ4n) is 2.56. The number of amides is 2. The van der Waals surface area contributed by atoms with Crippen molar-refractivity contribution in [2.24, 2.45) is 11.3 Å². The van der Waals surface area contributed by atoms with Gasteiger partial charge in [0.1, 0.15) is 0 Å². The van der Waals surface area contributed by atoms with Gasteiger partial charge in [-0.3, -0.25) is 4.79 Å². The van der Waals surface area contributed by atoms with Crippen LogP contribution >= 0.6 is 0 Å². The van der Waals surface area contributed by atoms with Gasteiger partial charge in [0.2, 0.25) is 0 Å². The molecule has 1 fully saturated rings. The van der Waals surface area contributed by atoms with Gasteiger partial charge in [0.15, 0.2) is 0 Å². The molecule has 0 aromatic carbocycles. The van der Waals surface area contributed by atoms with E-state index < -0.39 is 11.4 Å². The smallest absolute Gasteiger partial charge is 0.317 e. The molecule has 0 saturated carbocycles. The summed E-state index contributed by atoms with van der Waals surface area (Å²) in [6, 6.07) is -0.172. The van der Waals surface area contributed by atoms with Crippen molar-refractivity contribution in [3.63, 3.8) is 0 Å². The SMILES string of the molecule is C#CCCCCNC(=O)N1CCC(C(=O)O)(C(C)C)C1. The number of hydrogen-bond acceptors (Lipinski definition) is 2. The number of likely N-dealkylation sites (tertiary alicyclic amines) is 1. The molecule has 0 aromatic rings. The van der Waals surface area contributed by atoms with Crippen molar-refractivity contribution in [1.29, 1.82) is 0 Å². The van der Waals surface area contributed by atoms with Gasteiger partial charge in [-0.05, 0) is 25.2 Å². The van der Waals surface area contributed by atoms with E-state index in [4.69, 9.17) is 6.42 Å². The van der Waals surface area contributed by atoms with Crippen LogP contribution in [0.4, 0.5) is 4.79 Å². The molecule has 1 heterocycles. The fourth-order valence-corrected chi connectivity index (χ4v) is 2.56. The van der Waals surface area contributed by atoms with Crippen molar-refractivity contribution in [3.8, 4) is 12.3 Å². The Hall–Kier alpha value is -1.70.